The molecule has 0 spiro atoms. The van der Waals surface area contributed by atoms with Crippen molar-refractivity contribution in [3.63, 3.8) is 0 Å². The number of hydrogen-bond acceptors (Lipinski definition) is 3. The van der Waals surface area contributed by atoms with Crippen molar-refractivity contribution in [3.05, 3.63) is 64.2 Å². The fraction of sp³-hybridized carbons (Fsp3) is 0.263. The van der Waals surface area contributed by atoms with E-state index in [2.05, 4.69) is 29.6 Å². The first kappa shape index (κ1) is 16.7. The van der Waals surface area contributed by atoms with Gasteiger partial charge < -0.3 is 4.74 Å². The molecule has 0 heterocycles. The maximum absolute atomic E-state index is 11.7. The van der Waals surface area contributed by atoms with E-state index in [1.54, 1.807) is 6.21 Å². The van der Waals surface area contributed by atoms with Gasteiger partial charge in [-0.3, -0.25) is 4.79 Å². The van der Waals surface area contributed by atoms with Crippen LogP contribution in [0.1, 0.15) is 27.8 Å². The second kappa shape index (κ2) is 7.58. The summed E-state index contributed by atoms with van der Waals surface area (Å²) >= 11 is 0. The third-order valence-electron chi connectivity index (χ3n) is 3.51. The normalized spacial score (nSPS) is 10.8. The van der Waals surface area contributed by atoms with Crippen LogP contribution in [0.3, 0.4) is 0 Å². The largest absolute Gasteiger partial charge is 0.484 e. The van der Waals surface area contributed by atoms with E-state index in [-0.39, 0.29) is 12.5 Å². The number of hydrazone groups is 1. The molecule has 2 aromatic rings. The summed E-state index contributed by atoms with van der Waals surface area (Å²) in [6, 6.07) is 11.7. The number of rotatable bonds is 5. The minimum atomic E-state index is -0.288. The number of benzene rings is 2. The Balaban J connectivity index is 1.88. The average molecular weight is 310 g/mol. The molecule has 1 N–H and O–H groups in total. The van der Waals surface area contributed by atoms with Crippen LogP contribution in [0.25, 0.3) is 0 Å². The van der Waals surface area contributed by atoms with Gasteiger partial charge in [-0.1, -0.05) is 35.4 Å². The summed E-state index contributed by atoms with van der Waals surface area (Å²) in [5, 5.41) is 4.01. The molecule has 0 atom stereocenters. The molecule has 0 saturated heterocycles. The molecule has 23 heavy (non-hydrogen) atoms. The van der Waals surface area contributed by atoms with Gasteiger partial charge in [-0.25, -0.2) is 5.43 Å². The molecule has 2 aromatic carbocycles. The van der Waals surface area contributed by atoms with E-state index in [1.165, 1.54) is 5.56 Å². The molecule has 0 aromatic heterocycles. The van der Waals surface area contributed by atoms with E-state index in [1.807, 2.05) is 45.0 Å². The second-order valence-corrected chi connectivity index (χ2v) is 5.71. The third kappa shape index (κ3) is 4.95. The predicted molar refractivity (Wildman–Crippen MR) is 93.1 cm³/mol. The summed E-state index contributed by atoms with van der Waals surface area (Å²) < 4.78 is 5.40. The second-order valence-electron chi connectivity index (χ2n) is 5.71. The fourth-order valence-corrected chi connectivity index (χ4v) is 2.38. The summed E-state index contributed by atoms with van der Waals surface area (Å²) in [5.74, 6) is 0.379. The number of carbonyl (C=O) groups is 1. The molecule has 1 amide bonds. The van der Waals surface area contributed by atoms with Crippen LogP contribution in [0.5, 0.6) is 5.75 Å². The van der Waals surface area contributed by atoms with Gasteiger partial charge in [0.25, 0.3) is 5.91 Å². The van der Waals surface area contributed by atoms with Gasteiger partial charge in [-0.05, 0) is 51.0 Å². The number of aryl methyl sites for hydroxylation is 4. The highest BCUT2D eigenvalue weighted by Gasteiger charge is 2.03. The lowest BCUT2D eigenvalue weighted by Crippen LogP contribution is -2.24. The van der Waals surface area contributed by atoms with Crippen LogP contribution in [0, 0.1) is 27.7 Å². The van der Waals surface area contributed by atoms with Crippen LogP contribution >= 0.6 is 0 Å². The molecule has 0 fully saturated rings. The van der Waals surface area contributed by atoms with Crippen molar-refractivity contribution in [2.75, 3.05) is 6.61 Å². The minimum absolute atomic E-state index is 0.0632. The molecule has 2 rings (SSSR count). The maximum Gasteiger partial charge on any atom is 0.277 e. The molecule has 4 nitrogen and oxygen atoms in total. The zero-order chi connectivity index (χ0) is 16.8. The maximum atomic E-state index is 11.7. The summed E-state index contributed by atoms with van der Waals surface area (Å²) in [4.78, 5) is 11.7. The summed E-state index contributed by atoms with van der Waals surface area (Å²) in [7, 11) is 0. The Morgan fingerprint density at radius 3 is 2.26 bits per heavy atom. The van der Waals surface area contributed by atoms with Crippen LogP contribution in [-0.4, -0.2) is 18.7 Å². The minimum Gasteiger partial charge on any atom is -0.484 e. The quantitative estimate of drug-likeness (QED) is 0.679. The predicted octanol–water partition coefficient (Wildman–Crippen LogP) is 3.45. The van der Waals surface area contributed by atoms with Crippen LogP contribution < -0.4 is 10.2 Å². The van der Waals surface area contributed by atoms with E-state index in [4.69, 9.17) is 4.74 Å². The van der Waals surface area contributed by atoms with Gasteiger partial charge in [0.05, 0.1) is 6.21 Å². The number of nitrogens with one attached hydrogen (secondary N) is 1. The molecule has 0 bridgehead atoms. The van der Waals surface area contributed by atoms with Gasteiger partial charge in [0.1, 0.15) is 5.75 Å². The number of carbonyl (C=O) groups excluding carboxylic acids is 1. The van der Waals surface area contributed by atoms with E-state index in [0.717, 1.165) is 22.3 Å². The van der Waals surface area contributed by atoms with Crippen LogP contribution in [0.15, 0.2) is 41.5 Å². The lowest BCUT2D eigenvalue weighted by Gasteiger charge is -2.07. The highest BCUT2D eigenvalue weighted by Crippen LogP contribution is 2.14. The van der Waals surface area contributed by atoms with Gasteiger partial charge in [0.2, 0.25) is 0 Å². The van der Waals surface area contributed by atoms with Crippen molar-refractivity contribution in [3.8, 4) is 5.75 Å². The summed E-state index contributed by atoms with van der Waals surface area (Å²) in [6.07, 6.45) is 1.67. The van der Waals surface area contributed by atoms with Crippen molar-refractivity contribution in [1.29, 1.82) is 0 Å². The van der Waals surface area contributed by atoms with Gasteiger partial charge >= 0.3 is 0 Å². The van der Waals surface area contributed by atoms with Gasteiger partial charge in [-0.2, -0.15) is 5.10 Å². The molecule has 0 radical (unpaired) electrons. The SMILES string of the molecule is Cc1ccc(OCC(=O)N/N=C\c2c(C)cc(C)cc2C)cc1. The van der Waals surface area contributed by atoms with E-state index in [0.29, 0.717) is 5.75 Å². The molecule has 0 aliphatic carbocycles. The molecule has 0 saturated carbocycles. The molecule has 0 aliphatic rings. The number of amides is 1. The van der Waals surface area contributed by atoms with Crippen LogP contribution in [0.4, 0.5) is 0 Å². The Hall–Kier alpha value is -2.62. The topological polar surface area (TPSA) is 50.7 Å². The zero-order valence-electron chi connectivity index (χ0n) is 14.0. The highest BCUT2D eigenvalue weighted by molar-refractivity contribution is 5.85. The molecule has 0 unspecified atom stereocenters. The average Bonchev–Trinajstić information content (AvgIpc) is 2.49. The van der Waals surface area contributed by atoms with E-state index in [9.17, 15) is 4.79 Å². The van der Waals surface area contributed by atoms with E-state index >= 15 is 0 Å². The smallest absolute Gasteiger partial charge is 0.277 e. The molecule has 0 aliphatic heterocycles. The molecule has 4 heteroatoms. The lowest BCUT2D eigenvalue weighted by atomic mass is 10.0. The molecular formula is C19H22N2O2. The Labute approximate surface area is 137 Å². The number of hydrogen-bond donors (Lipinski definition) is 1. The summed E-state index contributed by atoms with van der Waals surface area (Å²) in [6.45, 7) is 8.06. The molecule has 120 valence electrons. The monoisotopic (exact) mass is 310 g/mol. The van der Waals surface area contributed by atoms with Gasteiger partial charge in [0, 0.05) is 5.56 Å². The first-order valence-electron chi connectivity index (χ1n) is 7.55. The van der Waals surface area contributed by atoms with Crippen molar-refractivity contribution < 1.29 is 9.53 Å². The van der Waals surface area contributed by atoms with Crippen LogP contribution in [0.2, 0.25) is 0 Å². The number of nitrogens with zero attached hydrogens (tertiary/aromatic N) is 1. The zero-order valence-corrected chi connectivity index (χ0v) is 14.0. The molecular weight excluding hydrogens is 288 g/mol. The number of ether oxygens (including phenoxy) is 1. The fourth-order valence-electron chi connectivity index (χ4n) is 2.38. The first-order chi connectivity index (χ1) is 11.0. The standard InChI is InChI=1S/C19H22N2O2/c1-13-5-7-17(8-6-13)23-12-19(22)21-20-11-18-15(3)9-14(2)10-16(18)4/h5-11H,12H2,1-4H3,(H,21,22)/b20-11-. The van der Waals surface area contributed by atoms with Gasteiger partial charge in [0.15, 0.2) is 6.61 Å². The van der Waals surface area contributed by atoms with Crippen molar-refractivity contribution in [2.24, 2.45) is 5.10 Å². The third-order valence-corrected chi connectivity index (χ3v) is 3.51. The lowest BCUT2D eigenvalue weighted by molar-refractivity contribution is -0.123. The van der Waals surface area contributed by atoms with Crippen molar-refractivity contribution in [2.45, 2.75) is 27.7 Å². The van der Waals surface area contributed by atoms with E-state index < -0.39 is 0 Å². The highest BCUT2D eigenvalue weighted by atomic mass is 16.5. The Morgan fingerprint density at radius 1 is 1.04 bits per heavy atom. The Morgan fingerprint density at radius 2 is 1.65 bits per heavy atom. The van der Waals surface area contributed by atoms with Crippen molar-refractivity contribution in [1.82, 2.24) is 5.43 Å². The van der Waals surface area contributed by atoms with Gasteiger partial charge in [-0.15, -0.1) is 0 Å². The van der Waals surface area contributed by atoms with Crippen LogP contribution in [-0.2, 0) is 4.79 Å². The summed E-state index contributed by atoms with van der Waals surface area (Å²) in [5.41, 5.74) is 8.15. The Bertz CT molecular complexity index is 696. The van der Waals surface area contributed by atoms with Crippen molar-refractivity contribution >= 4 is 12.1 Å². The Kier molecular flexibility index (Phi) is 5.52. The first-order valence-corrected chi connectivity index (χ1v) is 7.55.